The highest BCUT2D eigenvalue weighted by Crippen LogP contribution is 2.12. The Morgan fingerprint density at radius 1 is 1.31 bits per heavy atom. The predicted molar refractivity (Wildman–Crippen MR) is 57.0 cm³/mol. The lowest BCUT2D eigenvalue weighted by molar-refractivity contribution is 1.16. The van der Waals surface area contributed by atoms with Gasteiger partial charge in [0.1, 0.15) is 6.33 Å². The van der Waals surface area contributed by atoms with E-state index < -0.39 is 0 Å². The fraction of sp³-hybridized carbons (Fsp3) is 0.200. The van der Waals surface area contributed by atoms with Crippen LogP contribution in [0.5, 0.6) is 0 Å². The van der Waals surface area contributed by atoms with Gasteiger partial charge in [-0.1, -0.05) is 22.0 Å². The zero-order chi connectivity index (χ0) is 9.10. The van der Waals surface area contributed by atoms with Crippen LogP contribution in [0.2, 0.25) is 0 Å². The van der Waals surface area contributed by atoms with Crippen LogP contribution in [0.25, 0.3) is 10.9 Å². The molecule has 0 aliphatic heterocycles. The molecule has 2 nitrogen and oxygen atoms in total. The highest BCUT2D eigenvalue weighted by Gasteiger charge is 1.96. The Morgan fingerprint density at radius 3 is 3.08 bits per heavy atom. The van der Waals surface area contributed by atoms with Gasteiger partial charge < -0.3 is 0 Å². The molecule has 1 aromatic heterocycles. The summed E-state index contributed by atoms with van der Waals surface area (Å²) in [4.78, 5) is 8.15. The Labute approximate surface area is 85.1 Å². The summed E-state index contributed by atoms with van der Waals surface area (Å²) < 4.78 is 0. The van der Waals surface area contributed by atoms with Gasteiger partial charge in [0.2, 0.25) is 0 Å². The summed E-state index contributed by atoms with van der Waals surface area (Å²) >= 11 is 3.42. The largest absolute Gasteiger partial charge is 0.244 e. The van der Waals surface area contributed by atoms with E-state index >= 15 is 0 Å². The molecule has 2 aromatic rings. The summed E-state index contributed by atoms with van der Waals surface area (Å²) in [6.45, 7) is 0. The minimum atomic E-state index is 0.992. The van der Waals surface area contributed by atoms with E-state index in [2.05, 4.69) is 38.0 Å². The second-order valence-electron chi connectivity index (χ2n) is 2.85. The van der Waals surface area contributed by atoms with Crippen molar-refractivity contribution in [3.05, 3.63) is 36.3 Å². The van der Waals surface area contributed by atoms with Crippen molar-refractivity contribution in [1.29, 1.82) is 0 Å². The molecule has 3 heteroatoms. The lowest BCUT2D eigenvalue weighted by Gasteiger charge is -1.99. The number of benzene rings is 1. The lowest BCUT2D eigenvalue weighted by Crippen LogP contribution is -1.87. The molecule has 0 saturated heterocycles. The summed E-state index contributed by atoms with van der Waals surface area (Å²) in [5.74, 6) is 0. The van der Waals surface area contributed by atoms with E-state index in [9.17, 15) is 0 Å². The van der Waals surface area contributed by atoms with Crippen LogP contribution < -0.4 is 0 Å². The van der Waals surface area contributed by atoms with Gasteiger partial charge in [0, 0.05) is 16.9 Å². The van der Waals surface area contributed by atoms with Crippen molar-refractivity contribution in [2.45, 2.75) is 6.42 Å². The van der Waals surface area contributed by atoms with Crippen molar-refractivity contribution in [2.24, 2.45) is 0 Å². The van der Waals surface area contributed by atoms with Gasteiger partial charge in [0.15, 0.2) is 0 Å². The molecule has 0 fully saturated rings. The fourth-order valence-electron chi connectivity index (χ4n) is 1.30. The first-order valence-electron chi connectivity index (χ1n) is 4.15. The van der Waals surface area contributed by atoms with E-state index in [1.54, 1.807) is 6.33 Å². The number of aromatic nitrogens is 2. The molecule has 13 heavy (non-hydrogen) atoms. The number of aryl methyl sites for hydroxylation is 1. The van der Waals surface area contributed by atoms with Crippen LogP contribution >= 0.6 is 15.9 Å². The first kappa shape index (κ1) is 8.63. The van der Waals surface area contributed by atoms with E-state index in [1.807, 2.05) is 12.3 Å². The molecule has 0 radical (unpaired) electrons. The fourth-order valence-corrected chi connectivity index (χ4v) is 1.76. The Kier molecular flexibility index (Phi) is 2.54. The summed E-state index contributed by atoms with van der Waals surface area (Å²) in [7, 11) is 0. The van der Waals surface area contributed by atoms with Crippen LogP contribution in [0, 0.1) is 0 Å². The first-order valence-corrected chi connectivity index (χ1v) is 5.27. The number of fused-ring (bicyclic) bond motifs is 1. The van der Waals surface area contributed by atoms with Gasteiger partial charge in [-0.05, 0) is 24.1 Å². The van der Waals surface area contributed by atoms with E-state index in [0.29, 0.717) is 0 Å². The molecule has 0 bridgehead atoms. The zero-order valence-corrected chi connectivity index (χ0v) is 8.66. The maximum absolute atomic E-state index is 4.16. The average molecular weight is 237 g/mol. The van der Waals surface area contributed by atoms with Crippen molar-refractivity contribution in [2.75, 3.05) is 5.33 Å². The molecule has 2 rings (SSSR count). The normalized spacial score (nSPS) is 10.5. The van der Waals surface area contributed by atoms with Crippen molar-refractivity contribution in [3.8, 4) is 0 Å². The molecule has 0 unspecified atom stereocenters. The summed E-state index contributed by atoms with van der Waals surface area (Å²) in [5, 5.41) is 2.10. The zero-order valence-electron chi connectivity index (χ0n) is 7.07. The van der Waals surface area contributed by atoms with Gasteiger partial charge >= 0.3 is 0 Å². The van der Waals surface area contributed by atoms with Crippen LogP contribution in [-0.2, 0) is 6.42 Å². The van der Waals surface area contributed by atoms with E-state index in [1.165, 1.54) is 5.56 Å². The van der Waals surface area contributed by atoms with E-state index in [4.69, 9.17) is 0 Å². The molecular formula is C10H9BrN2. The third-order valence-corrected chi connectivity index (χ3v) is 2.35. The Morgan fingerprint density at radius 2 is 2.23 bits per heavy atom. The quantitative estimate of drug-likeness (QED) is 0.750. The summed E-state index contributed by atoms with van der Waals surface area (Å²) in [6.07, 6.45) is 4.47. The second-order valence-corrected chi connectivity index (χ2v) is 3.65. The molecule has 66 valence electrons. The van der Waals surface area contributed by atoms with Gasteiger partial charge in [-0.3, -0.25) is 0 Å². The van der Waals surface area contributed by atoms with Crippen LogP contribution in [0.15, 0.2) is 30.7 Å². The number of rotatable bonds is 2. The summed E-state index contributed by atoms with van der Waals surface area (Å²) in [5.41, 5.74) is 2.33. The van der Waals surface area contributed by atoms with Gasteiger partial charge in [0.25, 0.3) is 0 Å². The number of hydrogen-bond donors (Lipinski definition) is 0. The third-order valence-electron chi connectivity index (χ3n) is 1.95. The molecule has 0 aliphatic carbocycles. The lowest BCUT2D eigenvalue weighted by atomic mass is 10.1. The molecule has 0 atom stereocenters. The van der Waals surface area contributed by atoms with Gasteiger partial charge in [-0.15, -0.1) is 0 Å². The van der Waals surface area contributed by atoms with Gasteiger partial charge in [0.05, 0.1) is 5.52 Å². The Bertz CT molecular complexity index is 414. The molecule has 0 amide bonds. The van der Waals surface area contributed by atoms with Crippen molar-refractivity contribution in [1.82, 2.24) is 9.97 Å². The molecule has 0 saturated carbocycles. The molecular weight excluding hydrogens is 228 g/mol. The minimum absolute atomic E-state index is 0.992. The number of hydrogen-bond acceptors (Lipinski definition) is 2. The van der Waals surface area contributed by atoms with Crippen LogP contribution in [-0.4, -0.2) is 15.3 Å². The maximum atomic E-state index is 4.16. The highest BCUT2D eigenvalue weighted by atomic mass is 79.9. The number of nitrogens with zero attached hydrogens (tertiary/aromatic N) is 2. The van der Waals surface area contributed by atoms with Crippen molar-refractivity contribution >= 4 is 26.8 Å². The van der Waals surface area contributed by atoms with Crippen molar-refractivity contribution < 1.29 is 0 Å². The molecule has 1 heterocycles. The molecule has 0 N–H and O–H groups in total. The monoisotopic (exact) mass is 236 g/mol. The number of halogens is 1. The number of alkyl halides is 1. The van der Waals surface area contributed by atoms with Crippen molar-refractivity contribution in [3.63, 3.8) is 0 Å². The van der Waals surface area contributed by atoms with E-state index in [-0.39, 0.29) is 0 Å². The topological polar surface area (TPSA) is 25.8 Å². The first-order chi connectivity index (χ1) is 6.40. The van der Waals surface area contributed by atoms with Gasteiger partial charge in [-0.2, -0.15) is 0 Å². The Hall–Kier alpha value is -0.960. The van der Waals surface area contributed by atoms with Gasteiger partial charge in [-0.25, -0.2) is 9.97 Å². The minimum Gasteiger partial charge on any atom is -0.244 e. The SMILES string of the molecule is BrCCc1ccc2ncncc2c1. The van der Waals surface area contributed by atoms with Crippen LogP contribution in [0.3, 0.4) is 0 Å². The predicted octanol–water partition coefficient (Wildman–Crippen LogP) is 2.57. The van der Waals surface area contributed by atoms with Crippen LogP contribution in [0.4, 0.5) is 0 Å². The van der Waals surface area contributed by atoms with E-state index in [0.717, 1.165) is 22.7 Å². The average Bonchev–Trinajstić information content (AvgIpc) is 2.18. The van der Waals surface area contributed by atoms with Crippen LogP contribution in [0.1, 0.15) is 5.56 Å². The standard InChI is InChI=1S/C10H9BrN2/c11-4-3-8-1-2-10-9(5-8)6-12-7-13-10/h1-2,5-7H,3-4H2. The third kappa shape index (κ3) is 1.86. The molecule has 1 aromatic carbocycles. The second kappa shape index (κ2) is 3.83. The molecule has 0 spiro atoms. The smallest absolute Gasteiger partial charge is 0.116 e. The molecule has 0 aliphatic rings. The highest BCUT2D eigenvalue weighted by molar-refractivity contribution is 9.09. The maximum Gasteiger partial charge on any atom is 0.116 e. The Balaban J connectivity index is 2.49. The summed E-state index contributed by atoms with van der Waals surface area (Å²) in [6, 6.07) is 6.28.